The highest BCUT2D eigenvalue weighted by Gasteiger charge is 2.35. The van der Waals surface area contributed by atoms with Crippen LogP contribution in [0.1, 0.15) is 25.3 Å². The zero-order valence-corrected chi connectivity index (χ0v) is 11.4. The summed E-state index contributed by atoms with van der Waals surface area (Å²) < 4.78 is 5.61. The first kappa shape index (κ1) is 12.5. The second-order valence-electron chi connectivity index (χ2n) is 5.61. The molecule has 1 fully saturated rings. The lowest BCUT2D eigenvalue weighted by molar-refractivity contribution is -0.134. The number of piperazine rings is 1. The average Bonchev–Trinajstić information content (AvgIpc) is 2.80. The molecule has 4 heteroatoms. The Labute approximate surface area is 113 Å². The van der Waals surface area contributed by atoms with Crippen LogP contribution in [0.15, 0.2) is 24.3 Å². The molecule has 3 atom stereocenters. The summed E-state index contributed by atoms with van der Waals surface area (Å²) in [6, 6.07) is 8.55. The molecule has 1 saturated heterocycles. The van der Waals surface area contributed by atoms with Crippen LogP contribution in [0.2, 0.25) is 0 Å². The van der Waals surface area contributed by atoms with Gasteiger partial charge in [-0.2, -0.15) is 0 Å². The van der Waals surface area contributed by atoms with Gasteiger partial charge in [-0.1, -0.05) is 18.2 Å². The van der Waals surface area contributed by atoms with E-state index in [4.69, 9.17) is 4.74 Å². The maximum absolute atomic E-state index is 12.7. The number of hydrogen-bond donors (Lipinski definition) is 1. The Balaban J connectivity index is 1.78. The second kappa shape index (κ2) is 4.85. The molecule has 19 heavy (non-hydrogen) atoms. The lowest BCUT2D eigenvalue weighted by Crippen LogP contribution is -2.56. The molecule has 0 saturated carbocycles. The van der Waals surface area contributed by atoms with Gasteiger partial charge in [-0.15, -0.1) is 0 Å². The van der Waals surface area contributed by atoms with Crippen molar-refractivity contribution in [3.05, 3.63) is 29.8 Å². The van der Waals surface area contributed by atoms with Crippen molar-refractivity contribution in [1.29, 1.82) is 0 Å². The van der Waals surface area contributed by atoms with E-state index in [0.717, 1.165) is 24.4 Å². The van der Waals surface area contributed by atoms with Crippen molar-refractivity contribution in [3.63, 3.8) is 0 Å². The molecule has 2 heterocycles. The highest BCUT2D eigenvalue weighted by Crippen LogP contribution is 2.34. The predicted octanol–water partition coefficient (Wildman–Crippen LogP) is 1.37. The Bertz CT molecular complexity index is 479. The molecule has 102 valence electrons. The summed E-state index contributed by atoms with van der Waals surface area (Å²) >= 11 is 0. The van der Waals surface area contributed by atoms with E-state index >= 15 is 0 Å². The fourth-order valence-electron chi connectivity index (χ4n) is 3.09. The number of amides is 1. The second-order valence-corrected chi connectivity index (χ2v) is 5.61. The molecule has 0 aromatic heterocycles. The minimum Gasteiger partial charge on any atom is -0.492 e. The van der Waals surface area contributed by atoms with Crippen molar-refractivity contribution < 1.29 is 9.53 Å². The van der Waals surface area contributed by atoms with Crippen LogP contribution in [0.25, 0.3) is 0 Å². The molecule has 2 aliphatic heterocycles. The molecule has 1 aromatic carbocycles. The highest BCUT2D eigenvalue weighted by atomic mass is 16.5. The van der Waals surface area contributed by atoms with Crippen LogP contribution >= 0.6 is 0 Å². The van der Waals surface area contributed by atoms with E-state index in [0.29, 0.717) is 18.7 Å². The van der Waals surface area contributed by atoms with Crippen molar-refractivity contribution >= 4 is 5.91 Å². The van der Waals surface area contributed by atoms with E-state index in [1.54, 1.807) is 0 Å². The third kappa shape index (κ3) is 2.32. The first-order chi connectivity index (χ1) is 9.15. The Hall–Kier alpha value is -1.55. The first-order valence-corrected chi connectivity index (χ1v) is 6.91. The predicted molar refractivity (Wildman–Crippen MR) is 73.3 cm³/mol. The number of hydrogen-bond acceptors (Lipinski definition) is 3. The number of carbonyl (C=O) groups is 1. The number of nitrogens with zero attached hydrogens (tertiary/aromatic N) is 1. The summed E-state index contributed by atoms with van der Waals surface area (Å²) in [5.41, 5.74) is 1.03. The molecule has 1 amide bonds. The van der Waals surface area contributed by atoms with Gasteiger partial charge in [0.05, 0.1) is 0 Å². The molecule has 4 nitrogen and oxygen atoms in total. The molecule has 0 radical (unpaired) electrons. The van der Waals surface area contributed by atoms with E-state index in [1.165, 1.54) is 0 Å². The summed E-state index contributed by atoms with van der Waals surface area (Å²) in [5, 5.41) is 3.45. The largest absolute Gasteiger partial charge is 0.492 e. The van der Waals surface area contributed by atoms with E-state index in [-0.39, 0.29) is 11.8 Å². The zero-order chi connectivity index (χ0) is 13.4. The summed E-state index contributed by atoms with van der Waals surface area (Å²) in [7, 11) is 0. The van der Waals surface area contributed by atoms with Gasteiger partial charge in [0.25, 0.3) is 0 Å². The van der Waals surface area contributed by atoms with Gasteiger partial charge in [0.15, 0.2) is 0 Å². The molecule has 0 unspecified atom stereocenters. The summed E-state index contributed by atoms with van der Waals surface area (Å²) in [6.07, 6.45) is 0. The third-order valence-electron chi connectivity index (χ3n) is 3.87. The van der Waals surface area contributed by atoms with Crippen LogP contribution in [-0.4, -0.2) is 42.6 Å². The highest BCUT2D eigenvalue weighted by molar-refractivity contribution is 5.85. The van der Waals surface area contributed by atoms with Gasteiger partial charge < -0.3 is 15.0 Å². The van der Waals surface area contributed by atoms with Gasteiger partial charge in [0.2, 0.25) is 5.91 Å². The van der Waals surface area contributed by atoms with Crippen molar-refractivity contribution in [2.24, 2.45) is 0 Å². The smallest absolute Gasteiger partial charge is 0.233 e. The summed E-state index contributed by atoms with van der Waals surface area (Å²) in [6.45, 7) is 6.28. The van der Waals surface area contributed by atoms with E-state index in [9.17, 15) is 4.79 Å². The van der Waals surface area contributed by atoms with Crippen molar-refractivity contribution in [2.45, 2.75) is 31.8 Å². The number of benzene rings is 1. The van der Waals surface area contributed by atoms with Gasteiger partial charge in [-0.05, 0) is 19.9 Å². The van der Waals surface area contributed by atoms with E-state index < -0.39 is 0 Å². The van der Waals surface area contributed by atoms with Gasteiger partial charge in [0, 0.05) is 30.7 Å². The third-order valence-corrected chi connectivity index (χ3v) is 3.87. The fourth-order valence-corrected chi connectivity index (χ4v) is 3.09. The van der Waals surface area contributed by atoms with Crippen LogP contribution in [0, 0.1) is 0 Å². The topological polar surface area (TPSA) is 41.6 Å². The number of para-hydroxylation sites is 1. The minimum absolute atomic E-state index is 0.131. The maximum Gasteiger partial charge on any atom is 0.233 e. The molecule has 3 rings (SSSR count). The summed E-state index contributed by atoms with van der Waals surface area (Å²) in [5.74, 6) is 0.927. The molecule has 0 bridgehead atoms. The van der Waals surface area contributed by atoms with E-state index in [2.05, 4.69) is 19.2 Å². The standard InChI is InChI=1S/C15H20N2O2/c1-10-7-17(8-11(2)16-10)15(18)13-9-19-14-6-4-3-5-12(13)14/h3-6,10-11,13,16H,7-9H2,1-2H3/t10-,11-,13+/m1/s1. The van der Waals surface area contributed by atoms with Gasteiger partial charge in [0.1, 0.15) is 18.3 Å². The number of carbonyl (C=O) groups excluding carboxylic acids is 1. The monoisotopic (exact) mass is 260 g/mol. The Morgan fingerprint density at radius 2 is 1.95 bits per heavy atom. The molecule has 2 aliphatic rings. The van der Waals surface area contributed by atoms with Crippen LogP contribution in [0.3, 0.4) is 0 Å². The molecule has 1 N–H and O–H groups in total. The maximum atomic E-state index is 12.7. The number of rotatable bonds is 1. The normalized spacial score (nSPS) is 29.8. The first-order valence-electron chi connectivity index (χ1n) is 6.91. The lowest BCUT2D eigenvalue weighted by Gasteiger charge is -2.37. The zero-order valence-electron chi connectivity index (χ0n) is 11.4. The number of ether oxygens (including phenoxy) is 1. The Kier molecular flexibility index (Phi) is 3.19. The van der Waals surface area contributed by atoms with Gasteiger partial charge in [-0.25, -0.2) is 0 Å². The van der Waals surface area contributed by atoms with Crippen LogP contribution < -0.4 is 10.1 Å². The molecule has 0 aliphatic carbocycles. The van der Waals surface area contributed by atoms with Crippen LogP contribution in [0.4, 0.5) is 0 Å². The molecular weight excluding hydrogens is 240 g/mol. The number of fused-ring (bicyclic) bond motifs is 1. The van der Waals surface area contributed by atoms with Gasteiger partial charge >= 0.3 is 0 Å². The van der Waals surface area contributed by atoms with Crippen molar-refractivity contribution in [3.8, 4) is 5.75 Å². The molecule has 1 aromatic rings. The Morgan fingerprint density at radius 3 is 2.68 bits per heavy atom. The van der Waals surface area contributed by atoms with Gasteiger partial charge in [-0.3, -0.25) is 4.79 Å². The average molecular weight is 260 g/mol. The fraction of sp³-hybridized carbons (Fsp3) is 0.533. The quantitative estimate of drug-likeness (QED) is 0.829. The SMILES string of the molecule is C[C@@H]1CN(C(=O)[C@H]2COc3ccccc32)C[C@@H](C)N1. The Morgan fingerprint density at radius 1 is 1.26 bits per heavy atom. The molecular formula is C15H20N2O2. The van der Waals surface area contributed by atoms with Crippen molar-refractivity contribution in [1.82, 2.24) is 10.2 Å². The molecule has 0 spiro atoms. The lowest BCUT2D eigenvalue weighted by atomic mass is 9.98. The van der Waals surface area contributed by atoms with Crippen LogP contribution in [0.5, 0.6) is 5.75 Å². The minimum atomic E-state index is -0.131. The number of nitrogens with one attached hydrogen (secondary N) is 1. The summed E-state index contributed by atoms with van der Waals surface area (Å²) in [4.78, 5) is 14.6. The van der Waals surface area contributed by atoms with Crippen LogP contribution in [-0.2, 0) is 4.79 Å². The van der Waals surface area contributed by atoms with E-state index in [1.807, 2.05) is 29.2 Å². The van der Waals surface area contributed by atoms with Crippen molar-refractivity contribution in [2.75, 3.05) is 19.7 Å².